The summed E-state index contributed by atoms with van der Waals surface area (Å²) in [4.78, 5) is 25.8. The normalized spacial score (nSPS) is 18.2. The Labute approximate surface area is 147 Å². The summed E-state index contributed by atoms with van der Waals surface area (Å²) in [6, 6.07) is 5.67. The summed E-state index contributed by atoms with van der Waals surface area (Å²) in [6.07, 6.45) is 4.21. The van der Waals surface area contributed by atoms with Crippen LogP contribution in [0.2, 0.25) is 0 Å². The molecule has 132 valence electrons. The van der Waals surface area contributed by atoms with Gasteiger partial charge in [0.05, 0.1) is 31.9 Å². The number of pyridine rings is 1. The van der Waals surface area contributed by atoms with Gasteiger partial charge in [-0.05, 0) is 12.1 Å². The van der Waals surface area contributed by atoms with Crippen LogP contribution in [0.4, 0.5) is 0 Å². The van der Waals surface area contributed by atoms with Gasteiger partial charge in [-0.2, -0.15) is 0 Å². The molecule has 2 aliphatic rings. The van der Waals surface area contributed by atoms with Crippen molar-refractivity contribution < 1.29 is 9.53 Å². The van der Waals surface area contributed by atoms with E-state index in [1.165, 1.54) is 0 Å². The highest BCUT2D eigenvalue weighted by Gasteiger charge is 2.23. The standard InChI is InChI=1S/C18H23N5O2/c24-18(11-15-3-1-2-4-19-15)23-6-5-22-13-16(20-17(22)14-23)12-21-7-9-25-10-8-21/h1-4,13H,5-12,14H2. The van der Waals surface area contributed by atoms with Crippen molar-refractivity contribution in [1.29, 1.82) is 0 Å². The maximum atomic E-state index is 12.5. The number of ether oxygens (including phenoxy) is 1. The van der Waals surface area contributed by atoms with E-state index in [1.54, 1.807) is 6.20 Å². The van der Waals surface area contributed by atoms with Crippen molar-refractivity contribution in [1.82, 2.24) is 24.3 Å². The molecule has 4 heterocycles. The minimum Gasteiger partial charge on any atom is -0.379 e. The first-order valence-electron chi connectivity index (χ1n) is 8.80. The lowest BCUT2D eigenvalue weighted by molar-refractivity contribution is -0.132. The number of imidazole rings is 1. The number of fused-ring (bicyclic) bond motifs is 1. The van der Waals surface area contributed by atoms with Gasteiger partial charge >= 0.3 is 0 Å². The molecule has 7 nitrogen and oxygen atoms in total. The van der Waals surface area contributed by atoms with Gasteiger partial charge in [0.15, 0.2) is 0 Å². The minimum atomic E-state index is 0.114. The molecule has 4 rings (SSSR count). The molecule has 0 spiro atoms. The van der Waals surface area contributed by atoms with Crippen LogP contribution in [0.5, 0.6) is 0 Å². The Morgan fingerprint density at radius 1 is 1.12 bits per heavy atom. The summed E-state index contributed by atoms with van der Waals surface area (Å²) in [6.45, 7) is 6.46. The lowest BCUT2D eigenvalue weighted by atomic mass is 10.2. The van der Waals surface area contributed by atoms with E-state index in [9.17, 15) is 4.79 Å². The van der Waals surface area contributed by atoms with Gasteiger partial charge in [0.25, 0.3) is 0 Å². The number of aromatic nitrogens is 3. The summed E-state index contributed by atoms with van der Waals surface area (Å²) in [5.41, 5.74) is 1.89. The Hall–Kier alpha value is -2.25. The highest BCUT2D eigenvalue weighted by Crippen LogP contribution is 2.15. The molecule has 0 atom stereocenters. The maximum absolute atomic E-state index is 12.5. The summed E-state index contributed by atoms with van der Waals surface area (Å²) in [7, 11) is 0. The van der Waals surface area contributed by atoms with Crippen LogP contribution in [0.3, 0.4) is 0 Å². The Morgan fingerprint density at radius 2 is 2.00 bits per heavy atom. The van der Waals surface area contributed by atoms with E-state index in [1.807, 2.05) is 23.1 Å². The van der Waals surface area contributed by atoms with Crippen molar-refractivity contribution in [2.45, 2.75) is 26.1 Å². The highest BCUT2D eigenvalue weighted by atomic mass is 16.5. The lowest BCUT2D eigenvalue weighted by Crippen LogP contribution is -2.39. The summed E-state index contributed by atoms with van der Waals surface area (Å²) >= 11 is 0. The molecule has 7 heteroatoms. The molecular weight excluding hydrogens is 318 g/mol. The Bertz CT molecular complexity index is 724. The molecule has 0 N–H and O–H groups in total. The molecule has 2 aromatic heterocycles. The molecule has 1 fully saturated rings. The topological polar surface area (TPSA) is 63.5 Å². The second kappa shape index (κ2) is 7.33. The first-order chi connectivity index (χ1) is 12.3. The Balaban J connectivity index is 1.38. The first-order valence-corrected chi connectivity index (χ1v) is 8.80. The van der Waals surface area contributed by atoms with Crippen LogP contribution < -0.4 is 0 Å². The second-order valence-electron chi connectivity index (χ2n) is 6.54. The number of carbonyl (C=O) groups is 1. The van der Waals surface area contributed by atoms with E-state index in [0.717, 1.165) is 63.1 Å². The zero-order chi connectivity index (χ0) is 17.1. The minimum absolute atomic E-state index is 0.114. The summed E-state index contributed by atoms with van der Waals surface area (Å²) in [5.74, 6) is 1.09. The summed E-state index contributed by atoms with van der Waals surface area (Å²) in [5, 5.41) is 0. The van der Waals surface area contributed by atoms with Crippen LogP contribution in [0.25, 0.3) is 0 Å². The lowest BCUT2D eigenvalue weighted by Gasteiger charge is -2.27. The molecule has 0 radical (unpaired) electrons. The van der Waals surface area contributed by atoms with Crippen LogP contribution >= 0.6 is 0 Å². The third kappa shape index (κ3) is 3.88. The molecule has 0 saturated carbocycles. The van der Waals surface area contributed by atoms with E-state index in [2.05, 4.69) is 20.6 Å². The molecule has 0 unspecified atom stereocenters. The fraction of sp³-hybridized carbons (Fsp3) is 0.500. The third-order valence-electron chi connectivity index (χ3n) is 4.75. The molecular formula is C18H23N5O2. The van der Waals surface area contributed by atoms with E-state index in [-0.39, 0.29) is 5.91 Å². The number of hydrogen-bond acceptors (Lipinski definition) is 5. The van der Waals surface area contributed by atoms with Crippen LogP contribution in [0.15, 0.2) is 30.6 Å². The smallest absolute Gasteiger partial charge is 0.229 e. The summed E-state index contributed by atoms with van der Waals surface area (Å²) < 4.78 is 7.57. The van der Waals surface area contributed by atoms with Gasteiger partial charge in [-0.15, -0.1) is 0 Å². The molecule has 0 aromatic carbocycles. The number of rotatable bonds is 4. The average molecular weight is 341 g/mol. The molecule has 0 bridgehead atoms. The van der Waals surface area contributed by atoms with E-state index >= 15 is 0 Å². The SMILES string of the molecule is O=C(Cc1ccccn1)N1CCn2cc(CN3CCOCC3)nc2C1. The van der Waals surface area contributed by atoms with Crippen molar-refractivity contribution in [2.24, 2.45) is 0 Å². The number of morpholine rings is 1. The van der Waals surface area contributed by atoms with Gasteiger partial charge in [0.1, 0.15) is 5.82 Å². The van der Waals surface area contributed by atoms with Crippen LogP contribution in [-0.4, -0.2) is 63.1 Å². The van der Waals surface area contributed by atoms with Crippen molar-refractivity contribution >= 4 is 5.91 Å². The number of nitrogens with zero attached hydrogens (tertiary/aromatic N) is 5. The van der Waals surface area contributed by atoms with Gasteiger partial charge in [-0.25, -0.2) is 4.98 Å². The van der Waals surface area contributed by atoms with Crippen molar-refractivity contribution in [3.8, 4) is 0 Å². The fourth-order valence-corrected chi connectivity index (χ4v) is 3.36. The average Bonchev–Trinajstić information content (AvgIpc) is 3.04. The quantitative estimate of drug-likeness (QED) is 0.819. The Kier molecular flexibility index (Phi) is 4.76. The van der Waals surface area contributed by atoms with E-state index < -0.39 is 0 Å². The maximum Gasteiger partial charge on any atom is 0.229 e. The molecule has 0 aliphatic carbocycles. The van der Waals surface area contributed by atoms with Crippen molar-refractivity contribution in [2.75, 3.05) is 32.8 Å². The predicted octanol–water partition coefficient (Wildman–Crippen LogP) is 0.695. The van der Waals surface area contributed by atoms with Gasteiger partial charge in [0.2, 0.25) is 5.91 Å². The van der Waals surface area contributed by atoms with E-state index in [4.69, 9.17) is 9.72 Å². The zero-order valence-electron chi connectivity index (χ0n) is 14.3. The zero-order valence-corrected chi connectivity index (χ0v) is 14.3. The third-order valence-corrected chi connectivity index (χ3v) is 4.75. The monoisotopic (exact) mass is 341 g/mol. The predicted molar refractivity (Wildman–Crippen MR) is 91.7 cm³/mol. The molecule has 2 aromatic rings. The highest BCUT2D eigenvalue weighted by molar-refractivity contribution is 5.78. The van der Waals surface area contributed by atoms with Crippen LogP contribution in [-0.2, 0) is 35.6 Å². The van der Waals surface area contributed by atoms with Gasteiger partial charge in [-0.1, -0.05) is 6.07 Å². The van der Waals surface area contributed by atoms with Crippen molar-refractivity contribution in [3.05, 3.63) is 47.8 Å². The first kappa shape index (κ1) is 16.2. The number of carbonyl (C=O) groups excluding carboxylic acids is 1. The Morgan fingerprint density at radius 3 is 2.80 bits per heavy atom. The van der Waals surface area contributed by atoms with E-state index in [0.29, 0.717) is 13.0 Å². The van der Waals surface area contributed by atoms with Crippen LogP contribution in [0.1, 0.15) is 17.2 Å². The molecule has 2 aliphatic heterocycles. The fourth-order valence-electron chi connectivity index (χ4n) is 3.36. The largest absolute Gasteiger partial charge is 0.379 e. The van der Waals surface area contributed by atoms with Gasteiger partial charge in [0, 0.05) is 50.8 Å². The van der Waals surface area contributed by atoms with Crippen LogP contribution in [0, 0.1) is 0 Å². The number of hydrogen-bond donors (Lipinski definition) is 0. The molecule has 25 heavy (non-hydrogen) atoms. The van der Waals surface area contributed by atoms with Crippen molar-refractivity contribution in [3.63, 3.8) is 0 Å². The number of amides is 1. The van der Waals surface area contributed by atoms with Gasteiger partial charge in [-0.3, -0.25) is 14.7 Å². The molecule has 1 amide bonds. The van der Waals surface area contributed by atoms with Gasteiger partial charge < -0.3 is 14.2 Å². The second-order valence-corrected chi connectivity index (χ2v) is 6.54. The molecule has 1 saturated heterocycles.